The van der Waals surface area contributed by atoms with Crippen LogP contribution in [-0.2, 0) is 23.9 Å². The summed E-state index contributed by atoms with van der Waals surface area (Å²) in [6.07, 6.45) is -2.00. The topological polar surface area (TPSA) is 112 Å². The first-order valence-electron chi connectivity index (χ1n) is 9.45. The van der Waals surface area contributed by atoms with Gasteiger partial charge >= 0.3 is 18.0 Å². The molecule has 3 aromatic rings. The van der Waals surface area contributed by atoms with Crippen LogP contribution in [0, 0.1) is 10.1 Å². The van der Waals surface area contributed by atoms with E-state index in [1.54, 1.807) is 24.3 Å². The monoisotopic (exact) mass is 447 g/mol. The number of benzene rings is 1. The number of pyridine rings is 1. The second-order valence-corrected chi connectivity index (χ2v) is 7.17. The van der Waals surface area contributed by atoms with Crippen LogP contribution >= 0.6 is 0 Å². The minimum Gasteiger partial charge on any atom is -0.444 e. The summed E-state index contributed by atoms with van der Waals surface area (Å²) in [5.74, 6) is -0.587. The molecule has 2 aromatic heterocycles. The number of carbonyl (C=O) groups is 1. The molecule has 9 nitrogen and oxygen atoms in total. The molecule has 0 bridgehead atoms. The highest BCUT2D eigenvalue weighted by Crippen LogP contribution is 2.29. The molecule has 1 atom stereocenters. The fourth-order valence-electron chi connectivity index (χ4n) is 3.28. The number of amides is 1. The van der Waals surface area contributed by atoms with Crippen LogP contribution in [0.5, 0.6) is 6.01 Å². The molecule has 0 spiro atoms. The number of carbonyl (C=O) groups excluding carboxylic acids is 1. The number of aromatic nitrogens is 3. The number of rotatable bonds is 5. The number of hydrogen-bond acceptors (Lipinski definition) is 6. The molecule has 12 heteroatoms. The molecule has 3 heterocycles. The lowest BCUT2D eigenvalue weighted by molar-refractivity contribution is -0.389. The predicted octanol–water partition coefficient (Wildman–Crippen LogP) is 2.99. The van der Waals surface area contributed by atoms with E-state index >= 15 is 0 Å². The average Bonchev–Trinajstić information content (AvgIpc) is 3.18. The van der Waals surface area contributed by atoms with Crippen molar-refractivity contribution in [2.24, 2.45) is 0 Å². The minimum atomic E-state index is -4.49. The number of alkyl halides is 3. The highest BCUT2D eigenvalue weighted by atomic mass is 19.4. The molecular formula is C20H16F3N5O4. The van der Waals surface area contributed by atoms with Gasteiger partial charge in [-0.25, -0.2) is 0 Å². The number of imidazole rings is 1. The first kappa shape index (κ1) is 21.3. The van der Waals surface area contributed by atoms with Gasteiger partial charge in [0, 0.05) is 16.7 Å². The van der Waals surface area contributed by atoms with Gasteiger partial charge in [-0.15, -0.1) is 0 Å². The van der Waals surface area contributed by atoms with E-state index in [0.29, 0.717) is 23.2 Å². The lowest BCUT2D eigenvalue weighted by Crippen LogP contribution is -2.45. The van der Waals surface area contributed by atoms with Crippen molar-refractivity contribution in [1.29, 1.82) is 0 Å². The molecule has 0 saturated carbocycles. The van der Waals surface area contributed by atoms with Gasteiger partial charge in [-0.2, -0.15) is 13.2 Å². The molecule has 166 valence electrons. The summed E-state index contributed by atoms with van der Waals surface area (Å²) in [6.45, 7) is 0.432. The standard InChI is InChI=1S/C20H16F3N5O4/c21-20(22,23)16-6-5-14(8-24-16)13-3-1-12(2-4-13)7-18(29)25-15-9-27-10-17(28(30)31)26-19(27)32-11-15/h1-6,8,10,15H,7,9,11H2,(H,25,29)/t15-/m0/s1. The normalized spacial score (nSPS) is 15.5. The van der Waals surface area contributed by atoms with Crippen molar-refractivity contribution in [1.82, 2.24) is 19.9 Å². The van der Waals surface area contributed by atoms with Crippen molar-refractivity contribution in [3.05, 3.63) is 70.2 Å². The van der Waals surface area contributed by atoms with Gasteiger partial charge in [0.15, 0.2) is 0 Å². The molecule has 1 aromatic carbocycles. The van der Waals surface area contributed by atoms with E-state index in [4.69, 9.17) is 4.74 Å². The van der Waals surface area contributed by atoms with Gasteiger partial charge < -0.3 is 20.2 Å². The fourth-order valence-corrected chi connectivity index (χ4v) is 3.28. The maximum absolute atomic E-state index is 12.6. The summed E-state index contributed by atoms with van der Waals surface area (Å²) in [6, 6.07) is 8.85. The van der Waals surface area contributed by atoms with E-state index in [9.17, 15) is 28.1 Å². The number of halogens is 3. The molecule has 1 aliphatic rings. The third kappa shape index (κ3) is 4.68. The highest BCUT2D eigenvalue weighted by molar-refractivity contribution is 5.79. The van der Waals surface area contributed by atoms with Gasteiger partial charge in [-0.05, 0) is 22.1 Å². The molecule has 0 aliphatic carbocycles. The summed E-state index contributed by atoms with van der Waals surface area (Å²) in [5.41, 5.74) is 0.948. The number of nitrogens with zero attached hydrogens (tertiary/aromatic N) is 4. The van der Waals surface area contributed by atoms with E-state index in [1.165, 1.54) is 16.8 Å². The molecule has 0 radical (unpaired) electrons. The highest BCUT2D eigenvalue weighted by Gasteiger charge is 2.32. The Morgan fingerprint density at radius 2 is 1.94 bits per heavy atom. The van der Waals surface area contributed by atoms with Crippen LogP contribution in [0.25, 0.3) is 11.1 Å². The van der Waals surface area contributed by atoms with Crippen LogP contribution in [0.3, 0.4) is 0 Å². The Balaban J connectivity index is 1.34. The summed E-state index contributed by atoms with van der Waals surface area (Å²) in [5, 5.41) is 13.6. The smallest absolute Gasteiger partial charge is 0.433 e. The zero-order valence-corrected chi connectivity index (χ0v) is 16.4. The number of nitro groups is 1. The molecule has 1 amide bonds. The maximum atomic E-state index is 12.6. The Hall–Kier alpha value is -3.96. The Morgan fingerprint density at radius 3 is 2.56 bits per heavy atom. The van der Waals surface area contributed by atoms with Crippen molar-refractivity contribution in [3.63, 3.8) is 0 Å². The number of nitrogens with one attached hydrogen (secondary N) is 1. The van der Waals surface area contributed by atoms with Gasteiger partial charge in [-0.1, -0.05) is 30.3 Å². The van der Waals surface area contributed by atoms with Crippen LogP contribution in [0.2, 0.25) is 0 Å². The molecule has 0 saturated heterocycles. The third-order valence-corrected chi connectivity index (χ3v) is 4.82. The summed E-state index contributed by atoms with van der Waals surface area (Å²) in [4.78, 5) is 29.8. The fraction of sp³-hybridized carbons (Fsp3) is 0.250. The van der Waals surface area contributed by atoms with Gasteiger partial charge in [0.1, 0.15) is 18.5 Å². The number of fused-ring (bicyclic) bond motifs is 1. The van der Waals surface area contributed by atoms with E-state index in [1.807, 2.05) is 0 Å². The van der Waals surface area contributed by atoms with Gasteiger partial charge in [0.2, 0.25) is 5.91 Å². The maximum Gasteiger partial charge on any atom is 0.433 e. The van der Waals surface area contributed by atoms with Crippen molar-refractivity contribution < 1.29 is 27.6 Å². The minimum absolute atomic E-state index is 0.0823. The molecule has 0 fully saturated rings. The lowest BCUT2D eigenvalue weighted by atomic mass is 10.0. The third-order valence-electron chi connectivity index (χ3n) is 4.82. The summed E-state index contributed by atoms with van der Waals surface area (Å²) >= 11 is 0. The van der Waals surface area contributed by atoms with Gasteiger partial charge in [0.25, 0.3) is 0 Å². The average molecular weight is 447 g/mol. The molecule has 4 rings (SSSR count). The molecular weight excluding hydrogens is 431 g/mol. The second kappa shape index (κ2) is 8.29. The number of ether oxygens (including phenoxy) is 1. The van der Waals surface area contributed by atoms with Crippen LogP contribution < -0.4 is 10.1 Å². The van der Waals surface area contributed by atoms with E-state index in [0.717, 1.165) is 12.3 Å². The SMILES string of the molecule is O=C(Cc1ccc(-c2ccc(C(F)(F)F)nc2)cc1)N[C@@H]1COc2nc([N+](=O)[O-])cn2C1. The summed E-state index contributed by atoms with van der Waals surface area (Å²) < 4.78 is 44.7. The van der Waals surface area contributed by atoms with Crippen molar-refractivity contribution in [2.75, 3.05) is 6.61 Å². The van der Waals surface area contributed by atoms with Crippen LogP contribution in [0.15, 0.2) is 48.8 Å². The lowest BCUT2D eigenvalue weighted by Gasteiger charge is -2.23. The Bertz CT molecular complexity index is 1140. The van der Waals surface area contributed by atoms with E-state index in [2.05, 4.69) is 15.3 Å². The largest absolute Gasteiger partial charge is 0.444 e. The van der Waals surface area contributed by atoms with E-state index < -0.39 is 16.8 Å². The zero-order valence-electron chi connectivity index (χ0n) is 16.4. The first-order valence-corrected chi connectivity index (χ1v) is 9.45. The van der Waals surface area contributed by atoms with Crippen LogP contribution in [-0.4, -0.2) is 38.0 Å². The van der Waals surface area contributed by atoms with Crippen molar-refractivity contribution >= 4 is 11.7 Å². The molecule has 0 unspecified atom stereocenters. The first-order chi connectivity index (χ1) is 15.2. The quantitative estimate of drug-likeness (QED) is 0.475. The molecule has 1 N–H and O–H groups in total. The van der Waals surface area contributed by atoms with Gasteiger partial charge in [-0.3, -0.25) is 14.3 Å². The van der Waals surface area contributed by atoms with E-state index in [-0.39, 0.29) is 36.8 Å². The van der Waals surface area contributed by atoms with Crippen LogP contribution in [0.1, 0.15) is 11.3 Å². The van der Waals surface area contributed by atoms with Crippen molar-refractivity contribution in [3.8, 4) is 17.1 Å². The second-order valence-electron chi connectivity index (χ2n) is 7.17. The van der Waals surface area contributed by atoms with Crippen LogP contribution in [0.4, 0.5) is 19.0 Å². The van der Waals surface area contributed by atoms with Gasteiger partial charge in [0.05, 0.1) is 19.0 Å². The number of hydrogen-bond donors (Lipinski definition) is 1. The summed E-state index contributed by atoms with van der Waals surface area (Å²) in [7, 11) is 0. The Morgan fingerprint density at radius 1 is 1.22 bits per heavy atom. The van der Waals surface area contributed by atoms with Crippen molar-refractivity contribution in [2.45, 2.75) is 25.2 Å². The Labute approximate surface area is 179 Å². The zero-order chi connectivity index (χ0) is 22.9. The molecule has 1 aliphatic heterocycles. The Kier molecular flexibility index (Phi) is 5.51. The molecule has 32 heavy (non-hydrogen) atoms. The predicted molar refractivity (Wildman–Crippen MR) is 105 cm³/mol.